The van der Waals surface area contributed by atoms with Gasteiger partial charge in [0.15, 0.2) is 0 Å². The lowest BCUT2D eigenvalue weighted by Crippen LogP contribution is -2.34. The van der Waals surface area contributed by atoms with E-state index in [0.29, 0.717) is 34.1 Å². The molecule has 2 N–H and O–H groups in total. The van der Waals surface area contributed by atoms with E-state index in [9.17, 15) is 14.4 Å². The van der Waals surface area contributed by atoms with Crippen LogP contribution in [-0.4, -0.2) is 45.2 Å². The van der Waals surface area contributed by atoms with Gasteiger partial charge in [-0.2, -0.15) is 0 Å². The van der Waals surface area contributed by atoms with Crippen LogP contribution in [0.2, 0.25) is 0 Å². The Morgan fingerprint density at radius 3 is 2.68 bits per heavy atom. The average molecular weight is 528 g/mol. The highest BCUT2D eigenvalue weighted by atomic mass is 32.1. The summed E-state index contributed by atoms with van der Waals surface area (Å²) in [6, 6.07) is 19.3. The smallest absolute Gasteiger partial charge is 0.298 e. The summed E-state index contributed by atoms with van der Waals surface area (Å²) in [6.45, 7) is 2.80. The van der Waals surface area contributed by atoms with Gasteiger partial charge >= 0.3 is 0 Å². The van der Waals surface area contributed by atoms with E-state index in [1.807, 2.05) is 60.8 Å². The number of aromatic nitrogens is 3. The summed E-state index contributed by atoms with van der Waals surface area (Å²) in [4.78, 5) is 44.2. The van der Waals surface area contributed by atoms with Gasteiger partial charge in [-0.1, -0.05) is 31.2 Å². The highest BCUT2D eigenvalue weighted by molar-refractivity contribution is 7.20. The molecule has 192 valence electrons. The normalized spacial score (nSPS) is 15.2. The molecule has 0 spiro atoms. The van der Waals surface area contributed by atoms with Gasteiger partial charge in [0.1, 0.15) is 4.83 Å². The summed E-state index contributed by atoms with van der Waals surface area (Å²) in [5, 5.41) is 6.63. The highest BCUT2D eigenvalue weighted by Crippen LogP contribution is 2.29. The third-order valence-corrected chi connectivity index (χ3v) is 7.61. The molecule has 4 heterocycles. The van der Waals surface area contributed by atoms with E-state index in [2.05, 4.69) is 20.2 Å². The largest absolute Gasteiger partial charge is 0.379 e. The predicted octanol–water partition coefficient (Wildman–Crippen LogP) is 4.26. The van der Waals surface area contributed by atoms with Gasteiger partial charge in [-0.15, -0.1) is 11.3 Å². The molecule has 10 heteroatoms. The number of nitrogens with one attached hydrogen (secondary N) is 2. The molecule has 0 bridgehead atoms. The van der Waals surface area contributed by atoms with Crippen molar-refractivity contribution in [3.63, 3.8) is 0 Å². The Morgan fingerprint density at radius 1 is 1.08 bits per heavy atom. The minimum atomic E-state index is -0.467. The van der Waals surface area contributed by atoms with E-state index in [-0.39, 0.29) is 30.1 Å². The fraction of sp³-hybridized carbons (Fsp3) is 0.214. The Morgan fingerprint density at radius 2 is 1.92 bits per heavy atom. The molecule has 6 rings (SSSR count). The number of carbonyl (C=O) groups excluding carboxylic acids is 2. The maximum atomic E-state index is 13.7. The second-order valence-corrected chi connectivity index (χ2v) is 10.1. The third kappa shape index (κ3) is 4.37. The zero-order chi connectivity index (χ0) is 26.2. The van der Waals surface area contributed by atoms with Gasteiger partial charge in [0, 0.05) is 30.3 Å². The maximum Gasteiger partial charge on any atom is 0.298 e. The van der Waals surface area contributed by atoms with Crippen molar-refractivity contribution in [1.82, 2.24) is 19.4 Å². The highest BCUT2D eigenvalue weighted by Gasteiger charge is 2.23. The minimum Gasteiger partial charge on any atom is -0.379 e. The Kier molecular flexibility index (Phi) is 6.26. The van der Waals surface area contributed by atoms with Crippen molar-refractivity contribution in [3.05, 3.63) is 82.1 Å². The molecular weight excluding hydrogens is 502 g/mol. The molecule has 0 saturated carbocycles. The van der Waals surface area contributed by atoms with Crippen LogP contribution >= 0.6 is 11.3 Å². The Bertz CT molecular complexity index is 1730. The van der Waals surface area contributed by atoms with Crippen LogP contribution in [0.4, 0.5) is 5.82 Å². The second-order valence-electron chi connectivity index (χ2n) is 9.10. The summed E-state index contributed by atoms with van der Waals surface area (Å²) < 4.78 is 8.94. The van der Waals surface area contributed by atoms with Crippen LogP contribution in [-0.2, 0) is 9.53 Å². The SMILES string of the molecule is CCC(=O)Nc1nc2sc(C(=O)NC3CCOC3)cc2n(-c2ccc3ccn(-c4ccccc4)c3c2)c1=O. The molecule has 38 heavy (non-hydrogen) atoms. The van der Waals surface area contributed by atoms with Crippen LogP contribution in [0.1, 0.15) is 29.4 Å². The van der Waals surface area contributed by atoms with Crippen molar-refractivity contribution in [3.8, 4) is 11.4 Å². The van der Waals surface area contributed by atoms with Crippen molar-refractivity contribution < 1.29 is 14.3 Å². The van der Waals surface area contributed by atoms with Gasteiger partial charge < -0.3 is 19.9 Å². The first-order valence-electron chi connectivity index (χ1n) is 12.4. The number of thiophene rings is 1. The van der Waals surface area contributed by atoms with Gasteiger partial charge in [-0.05, 0) is 42.8 Å². The fourth-order valence-electron chi connectivity index (χ4n) is 4.62. The van der Waals surface area contributed by atoms with Crippen LogP contribution in [0.25, 0.3) is 32.6 Å². The molecule has 0 aliphatic carbocycles. The number of ether oxygens (including phenoxy) is 1. The first-order valence-corrected chi connectivity index (χ1v) is 13.3. The van der Waals surface area contributed by atoms with Crippen molar-refractivity contribution in [2.24, 2.45) is 0 Å². The lowest BCUT2D eigenvalue weighted by Gasteiger charge is -2.12. The van der Waals surface area contributed by atoms with Crippen LogP contribution in [0.5, 0.6) is 0 Å². The maximum absolute atomic E-state index is 13.7. The number of nitrogens with zero attached hydrogens (tertiary/aromatic N) is 3. The second kappa shape index (κ2) is 9.88. The van der Waals surface area contributed by atoms with E-state index in [4.69, 9.17) is 4.74 Å². The van der Waals surface area contributed by atoms with Gasteiger partial charge in [-0.25, -0.2) is 4.98 Å². The third-order valence-electron chi connectivity index (χ3n) is 6.59. The zero-order valence-corrected chi connectivity index (χ0v) is 21.5. The van der Waals surface area contributed by atoms with E-state index in [1.165, 1.54) is 15.9 Å². The number of hydrogen-bond donors (Lipinski definition) is 2. The first kappa shape index (κ1) is 24.1. The van der Waals surface area contributed by atoms with Gasteiger partial charge in [-0.3, -0.25) is 19.0 Å². The lowest BCUT2D eigenvalue weighted by atomic mass is 10.2. The summed E-state index contributed by atoms with van der Waals surface area (Å²) in [5.41, 5.74) is 2.55. The van der Waals surface area contributed by atoms with Gasteiger partial charge in [0.05, 0.1) is 34.2 Å². The number of para-hydroxylation sites is 1. The molecule has 1 saturated heterocycles. The Hall–Kier alpha value is -4.28. The molecule has 2 amide bonds. The zero-order valence-electron chi connectivity index (χ0n) is 20.6. The predicted molar refractivity (Wildman–Crippen MR) is 148 cm³/mol. The molecule has 1 unspecified atom stereocenters. The number of hydrogen-bond acceptors (Lipinski definition) is 6. The van der Waals surface area contributed by atoms with Crippen molar-refractivity contribution >= 4 is 50.2 Å². The molecule has 1 aliphatic rings. The fourth-order valence-corrected chi connectivity index (χ4v) is 5.54. The van der Waals surface area contributed by atoms with E-state index in [0.717, 1.165) is 23.0 Å². The van der Waals surface area contributed by atoms with E-state index < -0.39 is 5.56 Å². The molecule has 3 aromatic heterocycles. The minimum absolute atomic E-state index is 0.0459. The molecule has 9 nitrogen and oxygen atoms in total. The van der Waals surface area contributed by atoms with Crippen LogP contribution < -0.4 is 16.2 Å². The standard InChI is InChI=1S/C28H25N5O4S/c1-2-24(34)30-25-28(36)33(22-15-23(38-27(22)31-25)26(35)29-18-11-13-37-16-18)20-9-8-17-10-12-32(21(17)14-20)19-6-4-3-5-7-19/h3-10,12,14-15,18H,2,11,13,16H2,1H3,(H,29,35)(H,30,31,34). The molecule has 0 radical (unpaired) electrons. The van der Waals surface area contributed by atoms with E-state index >= 15 is 0 Å². The first-order chi connectivity index (χ1) is 18.5. The Balaban J connectivity index is 1.51. The molecule has 5 aromatic rings. The lowest BCUT2D eigenvalue weighted by molar-refractivity contribution is -0.115. The number of benzene rings is 2. The summed E-state index contributed by atoms with van der Waals surface area (Å²) in [6.07, 6.45) is 2.95. The van der Waals surface area contributed by atoms with Crippen molar-refractivity contribution in [2.75, 3.05) is 18.5 Å². The van der Waals surface area contributed by atoms with Gasteiger partial charge in [0.2, 0.25) is 11.7 Å². The van der Waals surface area contributed by atoms with Gasteiger partial charge in [0.25, 0.3) is 11.5 Å². The number of amides is 2. The van der Waals surface area contributed by atoms with Crippen molar-refractivity contribution in [1.29, 1.82) is 0 Å². The van der Waals surface area contributed by atoms with Crippen LogP contribution in [0.3, 0.4) is 0 Å². The number of rotatable bonds is 6. The summed E-state index contributed by atoms with van der Waals surface area (Å²) in [5.74, 6) is -0.624. The van der Waals surface area contributed by atoms with Crippen LogP contribution in [0, 0.1) is 0 Å². The molecule has 1 aliphatic heterocycles. The summed E-state index contributed by atoms with van der Waals surface area (Å²) in [7, 11) is 0. The molecule has 1 atom stereocenters. The van der Waals surface area contributed by atoms with Crippen molar-refractivity contribution in [2.45, 2.75) is 25.8 Å². The average Bonchev–Trinajstić information content (AvgIpc) is 3.69. The number of carbonyl (C=O) groups is 2. The van der Waals surface area contributed by atoms with E-state index in [1.54, 1.807) is 13.0 Å². The topological polar surface area (TPSA) is 107 Å². The monoisotopic (exact) mass is 527 g/mol. The Labute approximate surface area is 221 Å². The molecule has 1 fully saturated rings. The quantitative estimate of drug-likeness (QED) is 0.343. The summed E-state index contributed by atoms with van der Waals surface area (Å²) >= 11 is 1.18. The van der Waals surface area contributed by atoms with Crippen LogP contribution in [0.15, 0.2) is 71.7 Å². The number of fused-ring (bicyclic) bond motifs is 2. The molecule has 2 aromatic carbocycles. The number of anilines is 1. The molecular formula is C28H25N5O4S.